The number of phenols is 1. The molecule has 0 aromatic heterocycles. The molecule has 5 aromatic rings. The normalized spacial score (nSPS) is 12.0. The molecule has 0 bridgehead atoms. The highest BCUT2D eigenvalue weighted by Gasteiger charge is 2.22. The molecule has 0 radical (unpaired) electrons. The number of azo groups is 2. The first-order valence-corrected chi connectivity index (χ1v) is 13.4. The predicted molar refractivity (Wildman–Crippen MR) is 153 cm³/mol. The first-order chi connectivity index (χ1) is 19.9. The van der Waals surface area contributed by atoms with Crippen molar-refractivity contribution in [3.8, 4) is 5.75 Å². The van der Waals surface area contributed by atoms with Crippen LogP contribution in [0.25, 0.3) is 21.5 Å². The zero-order valence-electron chi connectivity index (χ0n) is 21.2. The fraction of sp³-hybridized carbons (Fsp3) is 0. The van der Waals surface area contributed by atoms with Crippen LogP contribution >= 0.6 is 0 Å². The largest absolute Gasteiger partial charge is 0.505 e. The minimum atomic E-state index is -4.84. The van der Waals surface area contributed by atoms with Crippen LogP contribution in [0.2, 0.25) is 0 Å². The number of rotatable bonds is 7. The smallest absolute Gasteiger partial charge is 0.335 e. The Morgan fingerprint density at radius 2 is 1.29 bits per heavy atom. The lowest BCUT2D eigenvalue weighted by Crippen LogP contribution is -1.99. The molecule has 0 aliphatic rings. The van der Waals surface area contributed by atoms with Crippen molar-refractivity contribution in [1.82, 2.24) is 0 Å². The fourth-order valence-corrected chi connectivity index (χ4v) is 4.82. The van der Waals surface area contributed by atoms with E-state index in [1.54, 1.807) is 0 Å². The lowest BCUT2D eigenvalue weighted by Gasteiger charge is -2.10. The van der Waals surface area contributed by atoms with Gasteiger partial charge in [-0.25, -0.2) is 9.59 Å². The van der Waals surface area contributed by atoms with Gasteiger partial charge in [-0.05, 0) is 72.1 Å². The maximum atomic E-state index is 12.1. The van der Waals surface area contributed by atoms with E-state index >= 15 is 0 Å². The molecule has 0 spiro atoms. The first-order valence-electron chi connectivity index (χ1n) is 11.9. The van der Waals surface area contributed by atoms with Gasteiger partial charge in [0, 0.05) is 21.8 Å². The molecule has 42 heavy (non-hydrogen) atoms. The summed E-state index contributed by atoms with van der Waals surface area (Å²) in [5.41, 5.74) is 6.33. The maximum absolute atomic E-state index is 12.1. The number of carbonyl (C=O) groups is 2. The number of nitrogen functional groups attached to an aromatic ring is 1. The van der Waals surface area contributed by atoms with Crippen LogP contribution in [-0.4, -0.2) is 40.2 Å². The molecular formula is C28H19N5O8S. The number of hydrogen-bond acceptors (Lipinski definition) is 10. The van der Waals surface area contributed by atoms with E-state index in [2.05, 4.69) is 20.5 Å². The van der Waals surface area contributed by atoms with E-state index in [0.717, 1.165) is 6.07 Å². The predicted octanol–water partition coefficient (Wildman–Crippen LogP) is 6.75. The summed E-state index contributed by atoms with van der Waals surface area (Å²) in [4.78, 5) is 22.1. The van der Waals surface area contributed by atoms with Crippen molar-refractivity contribution in [2.45, 2.75) is 4.90 Å². The Labute approximate surface area is 236 Å². The average molecular weight is 586 g/mol. The van der Waals surface area contributed by atoms with Gasteiger partial charge in [0.1, 0.15) is 10.6 Å². The van der Waals surface area contributed by atoms with E-state index in [0.29, 0.717) is 22.1 Å². The molecule has 0 saturated carbocycles. The lowest BCUT2D eigenvalue weighted by atomic mass is 10.0. The number of nitrogens with zero attached hydrogens (tertiary/aromatic N) is 4. The SMILES string of the molecule is Nc1ccc2cc(S(=O)(=O)O)c(N=Nc3ccc(N=Nc4ccc(C(=O)O)cc4)c4cc(C(=O)O)ccc34)c(O)c2c1. The van der Waals surface area contributed by atoms with Crippen LogP contribution in [0.4, 0.5) is 28.4 Å². The highest BCUT2D eigenvalue weighted by molar-refractivity contribution is 7.86. The molecule has 14 heteroatoms. The van der Waals surface area contributed by atoms with Gasteiger partial charge < -0.3 is 21.1 Å². The van der Waals surface area contributed by atoms with Crippen molar-refractivity contribution < 1.29 is 37.9 Å². The Kier molecular flexibility index (Phi) is 7.08. The zero-order chi connectivity index (χ0) is 30.2. The van der Waals surface area contributed by atoms with E-state index < -0.39 is 38.4 Å². The van der Waals surface area contributed by atoms with Gasteiger partial charge in [0.15, 0.2) is 5.75 Å². The summed E-state index contributed by atoms with van der Waals surface area (Å²) in [5.74, 6) is -2.87. The molecule has 5 aromatic carbocycles. The van der Waals surface area contributed by atoms with Gasteiger partial charge >= 0.3 is 11.9 Å². The Hall–Kier alpha value is -5.73. The summed E-state index contributed by atoms with van der Waals surface area (Å²) in [6, 6.07) is 18.2. The van der Waals surface area contributed by atoms with E-state index in [4.69, 9.17) is 10.8 Å². The molecule has 0 heterocycles. The highest BCUT2D eigenvalue weighted by Crippen LogP contribution is 2.43. The number of hydrogen-bond donors (Lipinski definition) is 5. The Morgan fingerprint density at radius 3 is 1.93 bits per heavy atom. The molecule has 5 rings (SSSR count). The number of nitrogens with two attached hydrogens (primary N) is 1. The monoisotopic (exact) mass is 585 g/mol. The molecule has 0 unspecified atom stereocenters. The number of phenolic OH excluding ortho intramolecular Hbond substituents is 1. The van der Waals surface area contributed by atoms with Crippen molar-refractivity contribution in [3.05, 3.63) is 90.0 Å². The van der Waals surface area contributed by atoms with Crippen molar-refractivity contribution in [1.29, 1.82) is 0 Å². The molecule has 210 valence electrons. The van der Waals surface area contributed by atoms with Crippen LogP contribution in [0, 0.1) is 0 Å². The van der Waals surface area contributed by atoms with Crippen molar-refractivity contribution in [2.24, 2.45) is 20.5 Å². The van der Waals surface area contributed by atoms with Gasteiger partial charge in [0.05, 0.1) is 28.2 Å². The highest BCUT2D eigenvalue weighted by atomic mass is 32.2. The summed E-state index contributed by atoms with van der Waals surface area (Å²) in [6.07, 6.45) is 0. The van der Waals surface area contributed by atoms with Gasteiger partial charge in [-0.3, -0.25) is 4.55 Å². The molecule has 0 aliphatic heterocycles. The molecule has 6 N–H and O–H groups in total. The summed E-state index contributed by atoms with van der Waals surface area (Å²) in [5, 5.41) is 46.9. The van der Waals surface area contributed by atoms with Gasteiger partial charge in [0.2, 0.25) is 0 Å². The number of fused-ring (bicyclic) bond motifs is 2. The number of aromatic carboxylic acids is 2. The van der Waals surface area contributed by atoms with Crippen LogP contribution in [0.1, 0.15) is 20.7 Å². The fourth-order valence-electron chi connectivity index (χ4n) is 4.16. The second-order valence-corrected chi connectivity index (χ2v) is 10.3. The van der Waals surface area contributed by atoms with E-state index in [1.807, 2.05) is 0 Å². The van der Waals surface area contributed by atoms with Crippen molar-refractivity contribution >= 4 is 72.0 Å². The minimum Gasteiger partial charge on any atom is -0.505 e. The second-order valence-electron chi connectivity index (χ2n) is 8.95. The third-order valence-corrected chi connectivity index (χ3v) is 7.08. The van der Waals surface area contributed by atoms with Crippen LogP contribution in [-0.2, 0) is 10.1 Å². The standard InChI is InChI=1S/C28H19N5O8S/c29-17-5-1-15-12-24(42(39,40)41)25(26(34)20(15)13-17)33-32-22-9-10-23(21-11-16(28(37)38)4-8-19(21)22)31-30-18-6-2-14(3-7-18)27(35)36/h1-13,34H,29H2,(H,35,36)(H,37,38)(H,39,40,41). The number of benzene rings is 5. The quantitative estimate of drug-likeness (QED) is 0.0771. The van der Waals surface area contributed by atoms with Gasteiger partial charge in [0.25, 0.3) is 10.1 Å². The third-order valence-electron chi connectivity index (χ3n) is 6.22. The lowest BCUT2D eigenvalue weighted by molar-refractivity contribution is 0.0686. The molecule has 13 nitrogen and oxygen atoms in total. The number of aromatic hydroxyl groups is 1. The Bertz CT molecular complexity index is 2090. The number of carboxylic acid groups (broad SMARTS) is 2. The molecule has 0 aliphatic carbocycles. The zero-order valence-corrected chi connectivity index (χ0v) is 22.0. The van der Waals surface area contributed by atoms with Gasteiger partial charge in [-0.1, -0.05) is 12.1 Å². The maximum Gasteiger partial charge on any atom is 0.335 e. The topological polar surface area (TPSA) is 225 Å². The van der Waals surface area contributed by atoms with E-state index in [1.165, 1.54) is 72.8 Å². The summed E-state index contributed by atoms with van der Waals surface area (Å²) in [7, 11) is -4.84. The average Bonchev–Trinajstić information content (AvgIpc) is 2.95. The van der Waals surface area contributed by atoms with Crippen molar-refractivity contribution in [3.63, 3.8) is 0 Å². The summed E-state index contributed by atoms with van der Waals surface area (Å²) >= 11 is 0. The third kappa shape index (κ3) is 5.47. The van der Waals surface area contributed by atoms with Gasteiger partial charge in [-0.15, -0.1) is 15.3 Å². The first kappa shape index (κ1) is 27.8. The van der Waals surface area contributed by atoms with Crippen LogP contribution < -0.4 is 5.73 Å². The molecule has 0 saturated heterocycles. The second kappa shape index (κ2) is 10.7. The van der Waals surface area contributed by atoms with Gasteiger partial charge in [-0.2, -0.15) is 13.5 Å². The Balaban J connectivity index is 1.63. The van der Waals surface area contributed by atoms with E-state index in [9.17, 15) is 32.8 Å². The summed E-state index contributed by atoms with van der Waals surface area (Å²) < 4.78 is 34.1. The Morgan fingerprint density at radius 1 is 0.667 bits per heavy atom. The molecule has 0 atom stereocenters. The molecule has 0 amide bonds. The van der Waals surface area contributed by atoms with Crippen LogP contribution in [0.15, 0.2) is 104 Å². The molecule has 0 fully saturated rings. The number of carboxylic acids is 2. The van der Waals surface area contributed by atoms with Crippen molar-refractivity contribution in [2.75, 3.05) is 5.73 Å². The van der Waals surface area contributed by atoms with Crippen LogP contribution in [0.5, 0.6) is 5.75 Å². The minimum absolute atomic E-state index is 0.0581. The number of anilines is 1. The molecular weight excluding hydrogens is 566 g/mol. The van der Waals surface area contributed by atoms with E-state index in [-0.39, 0.29) is 33.3 Å². The van der Waals surface area contributed by atoms with Crippen LogP contribution in [0.3, 0.4) is 0 Å². The summed E-state index contributed by atoms with van der Waals surface area (Å²) in [6.45, 7) is 0.